The van der Waals surface area contributed by atoms with E-state index in [1.165, 1.54) is 11.3 Å². The fourth-order valence-corrected chi connectivity index (χ4v) is 3.84. The summed E-state index contributed by atoms with van der Waals surface area (Å²) in [5, 5.41) is 4.29. The van der Waals surface area contributed by atoms with Gasteiger partial charge >= 0.3 is 0 Å². The third kappa shape index (κ3) is 6.56. The molecule has 0 aliphatic heterocycles. The first kappa shape index (κ1) is 22.3. The molecular formula is C28H29N3O2. The number of carbonyl (C=O) groups is 1. The van der Waals surface area contributed by atoms with E-state index < -0.39 is 0 Å². The first-order chi connectivity index (χ1) is 16.3. The SMILES string of the molecule is O=CCCc1ccc(Cn2cccn2)cc1OCCN(Cc1ccccc1)c1ccccc1. The molecule has 0 fully saturated rings. The molecule has 5 nitrogen and oxygen atoms in total. The van der Waals surface area contributed by atoms with Gasteiger partial charge in [0, 0.05) is 31.0 Å². The lowest BCUT2D eigenvalue weighted by molar-refractivity contribution is -0.107. The lowest BCUT2D eigenvalue weighted by Gasteiger charge is -2.25. The number of aldehydes is 1. The van der Waals surface area contributed by atoms with Crippen LogP contribution in [0.5, 0.6) is 5.75 Å². The zero-order valence-electron chi connectivity index (χ0n) is 18.7. The molecule has 0 unspecified atom stereocenters. The summed E-state index contributed by atoms with van der Waals surface area (Å²) >= 11 is 0. The second-order valence-corrected chi connectivity index (χ2v) is 7.94. The first-order valence-corrected chi connectivity index (χ1v) is 11.3. The van der Waals surface area contributed by atoms with Crippen molar-refractivity contribution in [2.45, 2.75) is 25.9 Å². The molecule has 0 spiro atoms. The Bertz CT molecular complexity index is 1110. The van der Waals surface area contributed by atoms with E-state index >= 15 is 0 Å². The van der Waals surface area contributed by atoms with Crippen LogP contribution in [0.4, 0.5) is 5.69 Å². The maximum absolute atomic E-state index is 10.9. The van der Waals surface area contributed by atoms with Gasteiger partial charge in [-0.2, -0.15) is 5.10 Å². The van der Waals surface area contributed by atoms with E-state index in [1.807, 2.05) is 29.1 Å². The molecular weight excluding hydrogens is 410 g/mol. The highest BCUT2D eigenvalue weighted by Crippen LogP contribution is 2.23. The van der Waals surface area contributed by atoms with Gasteiger partial charge in [0.1, 0.15) is 18.6 Å². The first-order valence-electron chi connectivity index (χ1n) is 11.3. The van der Waals surface area contributed by atoms with Crippen LogP contribution < -0.4 is 9.64 Å². The monoisotopic (exact) mass is 439 g/mol. The Kier molecular flexibility index (Phi) is 7.90. The molecule has 4 aromatic rings. The highest BCUT2D eigenvalue weighted by Gasteiger charge is 2.10. The van der Waals surface area contributed by atoms with Crippen LogP contribution in [0, 0.1) is 0 Å². The molecule has 168 valence electrons. The molecule has 0 radical (unpaired) electrons. The smallest absolute Gasteiger partial charge is 0.122 e. The molecule has 0 aliphatic carbocycles. The topological polar surface area (TPSA) is 47.4 Å². The van der Waals surface area contributed by atoms with E-state index in [4.69, 9.17) is 4.74 Å². The van der Waals surface area contributed by atoms with Gasteiger partial charge in [-0.1, -0.05) is 60.7 Å². The second kappa shape index (κ2) is 11.7. The number of ether oxygens (including phenoxy) is 1. The largest absolute Gasteiger partial charge is 0.491 e. The molecule has 0 bridgehead atoms. The predicted octanol–water partition coefficient (Wildman–Crippen LogP) is 5.15. The van der Waals surface area contributed by atoms with E-state index in [1.54, 1.807) is 6.20 Å². The molecule has 0 saturated carbocycles. The molecule has 3 aromatic carbocycles. The van der Waals surface area contributed by atoms with Gasteiger partial charge in [0.15, 0.2) is 0 Å². The van der Waals surface area contributed by atoms with Crippen molar-refractivity contribution in [2.75, 3.05) is 18.1 Å². The second-order valence-electron chi connectivity index (χ2n) is 7.94. The van der Waals surface area contributed by atoms with E-state index in [-0.39, 0.29) is 0 Å². The zero-order valence-corrected chi connectivity index (χ0v) is 18.7. The van der Waals surface area contributed by atoms with Crippen LogP contribution in [0.15, 0.2) is 97.3 Å². The van der Waals surface area contributed by atoms with Crippen molar-refractivity contribution < 1.29 is 9.53 Å². The van der Waals surface area contributed by atoms with Crippen LogP contribution in [0.1, 0.15) is 23.1 Å². The van der Waals surface area contributed by atoms with Gasteiger partial charge in [-0.3, -0.25) is 4.68 Å². The number of rotatable bonds is 12. The Morgan fingerprint density at radius 2 is 1.70 bits per heavy atom. The summed E-state index contributed by atoms with van der Waals surface area (Å²) in [5.74, 6) is 0.842. The molecule has 4 rings (SSSR count). The van der Waals surface area contributed by atoms with Gasteiger partial charge < -0.3 is 14.4 Å². The van der Waals surface area contributed by atoms with Gasteiger partial charge in [0.2, 0.25) is 0 Å². The third-order valence-corrected chi connectivity index (χ3v) is 5.52. The van der Waals surface area contributed by atoms with E-state index in [0.717, 1.165) is 36.3 Å². The van der Waals surface area contributed by atoms with Crippen molar-refractivity contribution in [3.63, 3.8) is 0 Å². The normalized spacial score (nSPS) is 10.7. The Hall–Kier alpha value is -3.86. The van der Waals surface area contributed by atoms with Crippen molar-refractivity contribution >= 4 is 12.0 Å². The summed E-state index contributed by atoms with van der Waals surface area (Å²) in [4.78, 5) is 13.3. The van der Waals surface area contributed by atoms with Gasteiger partial charge in [0.25, 0.3) is 0 Å². The fraction of sp³-hybridized carbons (Fsp3) is 0.214. The average Bonchev–Trinajstić information content (AvgIpc) is 3.37. The maximum atomic E-state index is 10.9. The highest BCUT2D eigenvalue weighted by molar-refractivity contribution is 5.51. The van der Waals surface area contributed by atoms with Crippen molar-refractivity contribution in [3.05, 3.63) is 114 Å². The molecule has 1 aromatic heterocycles. The van der Waals surface area contributed by atoms with Gasteiger partial charge in [0.05, 0.1) is 13.1 Å². The van der Waals surface area contributed by atoms with Crippen LogP contribution >= 0.6 is 0 Å². The molecule has 0 saturated heterocycles. The minimum atomic E-state index is 0.485. The van der Waals surface area contributed by atoms with Gasteiger partial charge in [-0.25, -0.2) is 0 Å². The third-order valence-electron chi connectivity index (χ3n) is 5.52. The number of aryl methyl sites for hydroxylation is 1. The van der Waals surface area contributed by atoms with Crippen molar-refractivity contribution in [1.82, 2.24) is 9.78 Å². The lowest BCUT2D eigenvalue weighted by Crippen LogP contribution is -2.28. The van der Waals surface area contributed by atoms with Crippen LogP contribution in [-0.2, 0) is 24.3 Å². The number of carbonyl (C=O) groups excluding carboxylic acids is 1. The Balaban J connectivity index is 1.47. The highest BCUT2D eigenvalue weighted by atomic mass is 16.5. The molecule has 1 heterocycles. The number of hydrogen-bond acceptors (Lipinski definition) is 4. The van der Waals surface area contributed by atoms with E-state index in [2.05, 4.69) is 76.7 Å². The van der Waals surface area contributed by atoms with Crippen LogP contribution in [0.2, 0.25) is 0 Å². The fourth-order valence-electron chi connectivity index (χ4n) is 3.84. The molecule has 33 heavy (non-hydrogen) atoms. The summed E-state index contributed by atoms with van der Waals surface area (Å²) in [6, 6.07) is 29.0. The van der Waals surface area contributed by atoms with Crippen LogP contribution in [0.25, 0.3) is 0 Å². The van der Waals surface area contributed by atoms with Crippen LogP contribution in [-0.4, -0.2) is 29.2 Å². The number of benzene rings is 3. The summed E-state index contributed by atoms with van der Waals surface area (Å²) in [7, 11) is 0. The molecule has 5 heteroatoms. The Morgan fingerprint density at radius 3 is 2.42 bits per heavy atom. The maximum Gasteiger partial charge on any atom is 0.122 e. The van der Waals surface area contributed by atoms with E-state index in [9.17, 15) is 4.79 Å². The molecule has 0 aliphatic rings. The minimum absolute atomic E-state index is 0.485. The van der Waals surface area contributed by atoms with Crippen molar-refractivity contribution in [2.24, 2.45) is 0 Å². The van der Waals surface area contributed by atoms with Crippen molar-refractivity contribution in [1.29, 1.82) is 0 Å². The number of para-hydroxylation sites is 1. The quantitative estimate of drug-likeness (QED) is 0.287. The number of anilines is 1. The molecule has 0 amide bonds. The number of hydrogen-bond donors (Lipinski definition) is 0. The van der Waals surface area contributed by atoms with E-state index in [0.29, 0.717) is 26.0 Å². The summed E-state index contributed by atoms with van der Waals surface area (Å²) < 4.78 is 8.19. The van der Waals surface area contributed by atoms with Crippen molar-refractivity contribution in [3.8, 4) is 5.75 Å². The average molecular weight is 440 g/mol. The summed E-state index contributed by atoms with van der Waals surface area (Å²) in [6.45, 7) is 2.78. The Labute approximate surface area is 195 Å². The number of nitrogens with zero attached hydrogens (tertiary/aromatic N) is 3. The molecule has 0 atom stereocenters. The summed E-state index contributed by atoms with van der Waals surface area (Å²) in [6.07, 6.45) is 5.84. The molecule has 0 N–H and O–H groups in total. The lowest BCUT2D eigenvalue weighted by atomic mass is 10.1. The standard InChI is InChI=1S/C28H29N3O2/c32-19-7-11-26-15-14-25(23-31-17-8-16-29-31)21-28(26)33-20-18-30(27-12-5-2-6-13-27)22-24-9-3-1-4-10-24/h1-6,8-10,12-17,19,21H,7,11,18,20,22-23H2. The van der Waals surface area contributed by atoms with Gasteiger partial charge in [-0.05, 0) is 47.4 Å². The Morgan fingerprint density at radius 1 is 0.909 bits per heavy atom. The predicted molar refractivity (Wildman–Crippen MR) is 132 cm³/mol. The zero-order chi connectivity index (χ0) is 22.7. The number of aromatic nitrogens is 2. The van der Waals surface area contributed by atoms with Gasteiger partial charge in [-0.15, -0.1) is 0 Å². The van der Waals surface area contributed by atoms with Crippen LogP contribution in [0.3, 0.4) is 0 Å². The minimum Gasteiger partial charge on any atom is -0.491 e. The summed E-state index contributed by atoms with van der Waals surface area (Å²) in [5.41, 5.74) is 4.60.